The standard InChI is InChI=1S/C24H27FN2O5/c1-2-21(26-18-5-3-4-17(12-18)15-28)22(24(30)31)23(29)19-13-16(6-7-20(19)25)14-27-8-10-32-11-9-27/h3-7,12-13,26,28H,2,8-11,14-15H2,1H3,(H,30,31). The van der Waals surface area contributed by atoms with E-state index in [0.717, 1.165) is 18.7 Å². The number of hydrogen-bond acceptors (Lipinski definition) is 6. The van der Waals surface area contributed by atoms with Crippen molar-refractivity contribution in [3.05, 3.63) is 76.2 Å². The number of ether oxygens (including phenoxy) is 1. The Morgan fingerprint density at radius 2 is 1.88 bits per heavy atom. The first-order valence-corrected chi connectivity index (χ1v) is 10.5. The minimum Gasteiger partial charge on any atom is -0.477 e. The van der Waals surface area contributed by atoms with E-state index in [0.29, 0.717) is 31.0 Å². The molecule has 7 nitrogen and oxygen atoms in total. The molecule has 0 saturated carbocycles. The maximum absolute atomic E-state index is 14.6. The number of nitrogens with one attached hydrogen (secondary N) is 1. The van der Waals surface area contributed by atoms with Crippen LogP contribution < -0.4 is 5.32 Å². The molecule has 32 heavy (non-hydrogen) atoms. The lowest BCUT2D eigenvalue weighted by molar-refractivity contribution is -0.132. The number of Topliss-reactive ketones (excluding diaryl/α,β-unsaturated/α-hetero) is 1. The van der Waals surface area contributed by atoms with E-state index in [-0.39, 0.29) is 24.3 Å². The van der Waals surface area contributed by atoms with Crippen LogP contribution in [0.25, 0.3) is 0 Å². The molecular formula is C24H27FN2O5. The molecule has 2 aromatic carbocycles. The number of aliphatic carboxylic acids is 1. The molecule has 0 bridgehead atoms. The summed E-state index contributed by atoms with van der Waals surface area (Å²) >= 11 is 0. The van der Waals surface area contributed by atoms with Gasteiger partial charge in [-0.15, -0.1) is 0 Å². The Bertz CT molecular complexity index is 1020. The Labute approximate surface area is 186 Å². The molecule has 1 aliphatic heterocycles. The number of carboxylic acid groups (broad SMARTS) is 1. The summed E-state index contributed by atoms with van der Waals surface area (Å²) in [6.07, 6.45) is 0.214. The van der Waals surface area contributed by atoms with E-state index in [1.807, 2.05) is 0 Å². The molecule has 1 heterocycles. The Balaban J connectivity index is 1.93. The van der Waals surface area contributed by atoms with Crippen LogP contribution in [0.15, 0.2) is 53.7 Å². The van der Waals surface area contributed by atoms with Crippen LogP contribution in [-0.2, 0) is 22.7 Å². The highest BCUT2D eigenvalue weighted by Gasteiger charge is 2.26. The molecule has 0 aromatic heterocycles. The van der Waals surface area contributed by atoms with Crippen LogP contribution in [0, 0.1) is 5.82 Å². The summed E-state index contributed by atoms with van der Waals surface area (Å²) < 4.78 is 19.9. The van der Waals surface area contributed by atoms with Gasteiger partial charge < -0.3 is 20.3 Å². The topological polar surface area (TPSA) is 99.1 Å². The van der Waals surface area contributed by atoms with Gasteiger partial charge in [-0.3, -0.25) is 9.69 Å². The van der Waals surface area contributed by atoms with Gasteiger partial charge >= 0.3 is 5.97 Å². The number of ketones is 1. The van der Waals surface area contributed by atoms with Crippen molar-refractivity contribution in [1.29, 1.82) is 0 Å². The first kappa shape index (κ1) is 23.6. The second kappa shape index (κ2) is 11.0. The average molecular weight is 442 g/mol. The largest absolute Gasteiger partial charge is 0.477 e. The first-order valence-electron chi connectivity index (χ1n) is 10.5. The summed E-state index contributed by atoms with van der Waals surface area (Å²) in [5, 5.41) is 22.1. The number of morpholine rings is 1. The van der Waals surface area contributed by atoms with E-state index < -0.39 is 23.1 Å². The van der Waals surface area contributed by atoms with Gasteiger partial charge in [0.15, 0.2) is 0 Å². The van der Waals surface area contributed by atoms with Gasteiger partial charge in [-0.25, -0.2) is 9.18 Å². The summed E-state index contributed by atoms with van der Waals surface area (Å²) in [4.78, 5) is 27.3. The van der Waals surface area contributed by atoms with Crippen LogP contribution in [-0.4, -0.2) is 53.2 Å². The zero-order chi connectivity index (χ0) is 23.1. The SMILES string of the molecule is CCC(Nc1cccc(CO)c1)=C(C(=O)O)C(=O)c1cc(CN2CCOCC2)ccc1F. The molecule has 0 aliphatic carbocycles. The number of benzene rings is 2. The van der Waals surface area contributed by atoms with E-state index in [1.54, 1.807) is 37.3 Å². The van der Waals surface area contributed by atoms with Gasteiger partial charge in [0.25, 0.3) is 0 Å². The van der Waals surface area contributed by atoms with Crippen LogP contribution in [0.1, 0.15) is 34.8 Å². The second-order valence-corrected chi connectivity index (χ2v) is 7.53. The van der Waals surface area contributed by atoms with Gasteiger partial charge in [0, 0.05) is 31.0 Å². The third-order valence-corrected chi connectivity index (χ3v) is 5.29. The Kier molecular flexibility index (Phi) is 8.10. The first-order chi connectivity index (χ1) is 15.4. The predicted octanol–water partition coefficient (Wildman–Crippen LogP) is 3.19. The number of rotatable bonds is 9. The van der Waals surface area contributed by atoms with E-state index in [9.17, 15) is 24.2 Å². The molecule has 3 rings (SSSR count). The molecular weight excluding hydrogens is 415 g/mol. The van der Waals surface area contributed by atoms with E-state index in [2.05, 4.69) is 10.2 Å². The minimum absolute atomic E-state index is 0.163. The third-order valence-electron chi connectivity index (χ3n) is 5.29. The van der Waals surface area contributed by atoms with Gasteiger partial charge in [0.1, 0.15) is 11.4 Å². The highest BCUT2D eigenvalue weighted by Crippen LogP contribution is 2.22. The van der Waals surface area contributed by atoms with Crippen LogP contribution >= 0.6 is 0 Å². The number of aliphatic hydroxyl groups excluding tert-OH is 1. The van der Waals surface area contributed by atoms with Gasteiger partial charge in [-0.1, -0.05) is 25.1 Å². The number of hydrogen-bond donors (Lipinski definition) is 3. The summed E-state index contributed by atoms with van der Waals surface area (Å²) in [6, 6.07) is 11.0. The van der Waals surface area contributed by atoms with Crippen molar-refractivity contribution in [3.8, 4) is 0 Å². The van der Waals surface area contributed by atoms with Crippen molar-refractivity contribution >= 4 is 17.4 Å². The fourth-order valence-electron chi connectivity index (χ4n) is 3.61. The lowest BCUT2D eigenvalue weighted by atomic mass is 9.98. The monoisotopic (exact) mass is 442 g/mol. The molecule has 0 atom stereocenters. The summed E-state index contributed by atoms with van der Waals surface area (Å²) in [6.45, 7) is 4.74. The zero-order valence-electron chi connectivity index (χ0n) is 17.9. The second-order valence-electron chi connectivity index (χ2n) is 7.53. The van der Waals surface area contributed by atoms with Crippen molar-refractivity contribution in [3.63, 3.8) is 0 Å². The van der Waals surface area contributed by atoms with E-state index in [1.165, 1.54) is 12.1 Å². The average Bonchev–Trinajstić information content (AvgIpc) is 2.80. The smallest absolute Gasteiger partial charge is 0.341 e. The Morgan fingerprint density at radius 3 is 2.53 bits per heavy atom. The van der Waals surface area contributed by atoms with Gasteiger partial charge in [0.2, 0.25) is 5.78 Å². The molecule has 0 spiro atoms. The number of carboxylic acids is 1. The van der Waals surface area contributed by atoms with Crippen LogP contribution in [0.3, 0.4) is 0 Å². The number of halogens is 1. The van der Waals surface area contributed by atoms with Crippen molar-refractivity contribution < 1.29 is 28.9 Å². The zero-order valence-corrected chi connectivity index (χ0v) is 17.9. The normalized spacial score (nSPS) is 15.2. The number of nitrogens with zero attached hydrogens (tertiary/aromatic N) is 1. The van der Waals surface area contributed by atoms with Crippen molar-refractivity contribution in [2.24, 2.45) is 0 Å². The molecule has 0 unspecified atom stereocenters. The fraction of sp³-hybridized carbons (Fsp3) is 0.333. The van der Waals surface area contributed by atoms with Crippen molar-refractivity contribution in [2.45, 2.75) is 26.5 Å². The van der Waals surface area contributed by atoms with Crippen molar-refractivity contribution in [1.82, 2.24) is 4.90 Å². The predicted molar refractivity (Wildman–Crippen MR) is 118 cm³/mol. The maximum atomic E-state index is 14.6. The summed E-state index contributed by atoms with van der Waals surface area (Å²) in [5.74, 6) is -3.09. The summed E-state index contributed by atoms with van der Waals surface area (Å²) in [5.41, 5.74) is 1.27. The number of aliphatic hydroxyl groups is 1. The molecule has 170 valence electrons. The number of carbonyl (C=O) groups excluding carboxylic acids is 1. The highest BCUT2D eigenvalue weighted by molar-refractivity contribution is 6.24. The highest BCUT2D eigenvalue weighted by atomic mass is 19.1. The molecule has 8 heteroatoms. The molecule has 1 fully saturated rings. The van der Waals surface area contributed by atoms with E-state index in [4.69, 9.17) is 4.74 Å². The van der Waals surface area contributed by atoms with Crippen molar-refractivity contribution in [2.75, 3.05) is 31.6 Å². The maximum Gasteiger partial charge on any atom is 0.341 e. The molecule has 3 N–H and O–H groups in total. The van der Waals surface area contributed by atoms with Crippen LogP contribution in [0.2, 0.25) is 0 Å². The molecule has 1 saturated heterocycles. The fourth-order valence-corrected chi connectivity index (χ4v) is 3.61. The number of allylic oxidation sites excluding steroid dienone is 1. The molecule has 0 amide bonds. The lowest BCUT2D eigenvalue weighted by Gasteiger charge is -2.26. The lowest BCUT2D eigenvalue weighted by Crippen LogP contribution is -2.35. The van der Waals surface area contributed by atoms with Gasteiger partial charge in [0.05, 0.1) is 25.4 Å². The number of anilines is 1. The Hall–Kier alpha value is -3.07. The van der Waals surface area contributed by atoms with Gasteiger partial charge in [-0.05, 0) is 41.8 Å². The van der Waals surface area contributed by atoms with Gasteiger partial charge in [-0.2, -0.15) is 0 Å². The molecule has 2 aromatic rings. The summed E-state index contributed by atoms with van der Waals surface area (Å²) in [7, 11) is 0. The quantitative estimate of drug-likeness (QED) is 0.237. The minimum atomic E-state index is -1.43. The molecule has 1 aliphatic rings. The van der Waals surface area contributed by atoms with Crippen LogP contribution in [0.5, 0.6) is 0 Å². The van der Waals surface area contributed by atoms with E-state index >= 15 is 0 Å². The Morgan fingerprint density at radius 1 is 1.12 bits per heavy atom. The van der Waals surface area contributed by atoms with Crippen LogP contribution in [0.4, 0.5) is 10.1 Å². The third kappa shape index (κ3) is 5.79. The number of carbonyl (C=O) groups is 2. The molecule has 0 radical (unpaired) electrons.